The van der Waals surface area contributed by atoms with E-state index in [2.05, 4.69) is 29.4 Å². The van der Waals surface area contributed by atoms with E-state index in [-0.39, 0.29) is 24.8 Å². The minimum atomic E-state index is 0. The number of nitrogens with one attached hydrogen (secondary N) is 1. The lowest BCUT2D eigenvalue weighted by Gasteiger charge is -2.35. The first-order chi connectivity index (χ1) is 8.18. The average Bonchev–Trinajstić information content (AvgIpc) is 2.73. The Hall–Kier alpha value is 0.490. The van der Waals surface area contributed by atoms with Crippen molar-refractivity contribution in [1.29, 1.82) is 0 Å². The summed E-state index contributed by atoms with van der Waals surface area (Å²) < 4.78 is 0. The highest BCUT2D eigenvalue weighted by Crippen LogP contribution is 2.36. The molecule has 0 bridgehead atoms. The zero-order valence-electron chi connectivity index (χ0n) is 11.4. The molecule has 1 aliphatic rings. The number of thiophene rings is 1. The van der Waals surface area contributed by atoms with E-state index in [9.17, 15) is 0 Å². The Morgan fingerprint density at radius 2 is 1.95 bits per heavy atom. The van der Waals surface area contributed by atoms with Crippen molar-refractivity contribution < 1.29 is 0 Å². The van der Waals surface area contributed by atoms with Crippen molar-refractivity contribution in [1.82, 2.24) is 10.2 Å². The van der Waals surface area contributed by atoms with Gasteiger partial charge in [-0.25, -0.2) is 0 Å². The number of nitrogens with zero attached hydrogens (tertiary/aromatic N) is 1. The van der Waals surface area contributed by atoms with Crippen LogP contribution in [-0.2, 0) is 0 Å². The Morgan fingerprint density at radius 1 is 1.32 bits per heavy atom. The molecule has 0 radical (unpaired) electrons. The Labute approximate surface area is 137 Å². The second-order valence-corrected chi connectivity index (χ2v) is 6.42. The van der Waals surface area contributed by atoms with Gasteiger partial charge in [0.05, 0.1) is 5.02 Å². The van der Waals surface area contributed by atoms with Gasteiger partial charge in [0.1, 0.15) is 0 Å². The van der Waals surface area contributed by atoms with Gasteiger partial charge >= 0.3 is 0 Å². The standard InChI is InChI=1S/C13H21ClN2S.2ClH/c1-10(2)9-12(13-11(14)3-8-17-13)16-6-4-15-5-7-16;;/h3,8,10,12,15H,4-7,9H2,1-2H3;2*1H/t12-;;/m0../s1. The SMILES string of the molecule is CC(C)C[C@@H](c1sccc1Cl)N1CCNCC1.Cl.Cl. The molecule has 2 nitrogen and oxygen atoms in total. The second-order valence-electron chi connectivity index (χ2n) is 5.06. The van der Waals surface area contributed by atoms with Gasteiger partial charge in [-0.15, -0.1) is 36.2 Å². The lowest BCUT2D eigenvalue weighted by atomic mass is 10.0. The highest BCUT2D eigenvalue weighted by Gasteiger charge is 2.25. The highest BCUT2D eigenvalue weighted by atomic mass is 35.5. The predicted octanol–water partition coefficient (Wildman–Crippen LogP) is 4.24. The highest BCUT2D eigenvalue weighted by molar-refractivity contribution is 7.10. The Balaban J connectivity index is 0.00000162. The van der Waals surface area contributed by atoms with Crippen LogP contribution in [0, 0.1) is 5.92 Å². The van der Waals surface area contributed by atoms with E-state index < -0.39 is 0 Å². The lowest BCUT2D eigenvalue weighted by Crippen LogP contribution is -2.45. The van der Waals surface area contributed by atoms with Crippen molar-refractivity contribution in [2.45, 2.75) is 26.3 Å². The van der Waals surface area contributed by atoms with Gasteiger partial charge in [0.15, 0.2) is 0 Å². The molecule has 0 aromatic carbocycles. The quantitative estimate of drug-likeness (QED) is 0.878. The van der Waals surface area contributed by atoms with E-state index >= 15 is 0 Å². The van der Waals surface area contributed by atoms with Gasteiger partial charge in [0.2, 0.25) is 0 Å². The fourth-order valence-electron chi connectivity index (χ4n) is 2.41. The first-order valence-corrected chi connectivity index (χ1v) is 7.62. The molecule has 0 amide bonds. The smallest absolute Gasteiger partial charge is 0.0561 e. The first kappa shape index (κ1) is 19.5. The van der Waals surface area contributed by atoms with E-state index in [1.807, 2.05) is 6.07 Å². The summed E-state index contributed by atoms with van der Waals surface area (Å²) in [6.07, 6.45) is 1.19. The number of piperazine rings is 1. The van der Waals surface area contributed by atoms with E-state index in [0.717, 1.165) is 31.2 Å². The fraction of sp³-hybridized carbons (Fsp3) is 0.692. The Kier molecular flexibility index (Phi) is 9.67. The molecule has 19 heavy (non-hydrogen) atoms. The molecule has 0 unspecified atom stereocenters. The zero-order valence-corrected chi connectivity index (χ0v) is 14.6. The molecule has 2 heterocycles. The molecule has 1 atom stereocenters. The van der Waals surface area contributed by atoms with E-state index in [1.165, 1.54) is 11.3 Å². The molecule has 112 valence electrons. The van der Waals surface area contributed by atoms with Gasteiger partial charge in [-0.2, -0.15) is 0 Å². The molecule has 0 spiro atoms. The largest absolute Gasteiger partial charge is 0.314 e. The molecule has 1 N–H and O–H groups in total. The summed E-state index contributed by atoms with van der Waals surface area (Å²) in [4.78, 5) is 3.93. The fourth-order valence-corrected chi connectivity index (χ4v) is 3.74. The number of halogens is 3. The minimum Gasteiger partial charge on any atom is -0.314 e. The molecule has 6 heteroatoms. The maximum atomic E-state index is 6.31. The summed E-state index contributed by atoms with van der Waals surface area (Å²) >= 11 is 8.10. The van der Waals surface area contributed by atoms with Gasteiger partial charge in [0.25, 0.3) is 0 Å². The van der Waals surface area contributed by atoms with E-state index in [4.69, 9.17) is 11.6 Å². The molecule has 2 rings (SSSR count). The van der Waals surface area contributed by atoms with Crippen LogP contribution in [0.5, 0.6) is 0 Å². The molecule has 1 aliphatic heterocycles. The Morgan fingerprint density at radius 3 is 2.42 bits per heavy atom. The van der Waals surface area contributed by atoms with Crippen LogP contribution in [-0.4, -0.2) is 31.1 Å². The van der Waals surface area contributed by atoms with Gasteiger partial charge in [-0.1, -0.05) is 25.4 Å². The van der Waals surface area contributed by atoms with Gasteiger partial charge < -0.3 is 5.32 Å². The van der Waals surface area contributed by atoms with Crippen molar-refractivity contribution in [3.05, 3.63) is 21.3 Å². The third-order valence-corrected chi connectivity index (χ3v) is 4.69. The summed E-state index contributed by atoms with van der Waals surface area (Å²) in [5.41, 5.74) is 0. The summed E-state index contributed by atoms with van der Waals surface area (Å²) in [5.74, 6) is 0.702. The molecular weight excluding hydrogens is 323 g/mol. The molecule has 1 fully saturated rings. The van der Waals surface area contributed by atoms with Gasteiger partial charge in [0, 0.05) is 37.1 Å². The molecule has 0 saturated carbocycles. The summed E-state index contributed by atoms with van der Waals surface area (Å²) in [6.45, 7) is 9.03. The number of hydrogen-bond acceptors (Lipinski definition) is 3. The van der Waals surface area contributed by atoms with Crippen molar-refractivity contribution in [3.8, 4) is 0 Å². The minimum absolute atomic E-state index is 0. The zero-order chi connectivity index (χ0) is 12.3. The maximum absolute atomic E-state index is 6.31. The van der Waals surface area contributed by atoms with Crippen LogP contribution < -0.4 is 5.32 Å². The van der Waals surface area contributed by atoms with Crippen molar-refractivity contribution in [2.75, 3.05) is 26.2 Å². The molecule has 1 aromatic rings. The summed E-state index contributed by atoms with van der Waals surface area (Å²) in [7, 11) is 0. The van der Waals surface area contributed by atoms with E-state index in [1.54, 1.807) is 11.3 Å². The van der Waals surface area contributed by atoms with Crippen LogP contribution >= 0.6 is 47.8 Å². The van der Waals surface area contributed by atoms with Crippen LogP contribution in [0.3, 0.4) is 0 Å². The summed E-state index contributed by atoms with van der Waals surface area (Å²) in [6, 6.07) is 2.53. The topological polar surface area (TPSA) is 15.3 Å². The van der Waals surface area contributed by atoms with Crippen molar-refractivity contribution in [2.24, 2.45) is 5.92 Å². The predicted molar refractivity (Wildman–Crippen MR) is 90.5 cm³/mol. The van der Waals surface area contributed by atoms with Gasteiger partial charge in [-0.05, 0) is 23.8 Å². The van der Waals surface area contributed by atoms with E-state index in [0.29, 0.717) is 12.0 Å². The molecule has 0 aliphatic carbocycles. The Bertz CT molecular complexity index is 351. The average molecular weight is 346 g/mol. The van der Waals surface area contributed by atoms with Crippen LogP contribution in [0.25, 0.3) is 0 Å². The molecular formula is C13H23Cl3N2S. The molecule has 1 saturated heterocycles. The number of rotatable bonds is 4. The van der Waals surface area contributed by atoms with Crippen molar-refractivity contribution >= 4 is 47.8 Å². The third-order valence-electron chi connectivity index (χ3n) is 3.23. The normalized spacial score (nSPS) is 17.7. The maximum Gasteiger partial charge on any atom is 0.0561 e. The monoisotopic (exact) mass is 344 g/mol. The van der Waals surface area contributed by atoms with Crippen molar-refractivity contribution in [3.63, 3.8) is 0 Å². The van der Waals surface area contributed by atoms with Gasteiger partial charge in [-0.3, -0.25) is 4.90 Å². The van der Waals surface area contributed by atoms with Crippen LogP contribution in [0.15, 0.2) is 11.4 Å². The summed E-state index contributed by atoms with van der Waals surface area (Å²) in [5, 5.41) is 6.46. The molecule has 1 aromatic heterocycles. The first-order valence-electron chi connectivity index (χ1n) is 6.36. The van der Waals surface area contributed by atoms with Crippen LogP contribution in [0.4, 0.5) is 0 Å². The lowest BCUT2D eigenvalue weighted by molar-refractivity contribution is 0.156. The van der Waals surface area contributed by atoms with Crippen LogP contribution in [0.1, 0.15) is 31.2 Å². The van der Waals surface area contributed by atoms with Crippen LogP contribution in [0.2, 0.25) is 5.02 Å². The number of hydrogen-bond donors (Lipinski definition) is 1. The second kappa shape index (κ2) is 9.43. The third kappa shape index (κ3) is 5.41.